The summed E-state index contributed by atoms with van der Waals surface area (Å²) in [5.41, 5.74) is 2.30. The van der Waals surface area contributed by atoms with Crippen molar-refractivity contribution in [2.75, 3.05) is 6.79 Å². The molecule has 2 aromatic carbocycles. The second kappa shape index (κ2) is 4.57. The molecule has 0 unspecified atom stereocenters. The van der Waals surface area contributed by atoms with E-state index in [4.69, 9.17) is 9.47 Å². The minimum atomic E-state index is -0.516. The summed E-state index contributed by atoms with van der Waals surface area (Å²) >= 11 is 0. The van der Waals surface area contributed by atoms with Crippen LogP contribution in [0.4, 0.5) is 0 Å². The fourth-order valence-electron chi connectivity index (χ4n) is 1.97. The standard InChI is InChI=1S/C15H10O4/c16-8-13(17)11-3-1-10(2-4-11)12-5-6-14-15(7-12)19-9-18-14/h1-8H,9H2. The highest BCUT2D eigenvalue weighted by Crippen LogP contribution is 2.35. The third-order valence-corrected chi connectivity index (χ3v) is 2.98. The van der Waals surface area contributed by atoms with Crippen LogP contribution in [0.3, 0.4) is 0 Å². The number of benzene rings is 2. The Hall–Kier alpha value is -2.62. The molecule has 2 aromatic rings. The van der Waals surface area contributed by atoms with Gasteiger partial charge >= 0.3 is 0 Å². The quantitative estimate of drug-likeness (QED) is 0.479. The largest absolute Gasteiger partial charge is 0.454 e. The monoisotopic (exact) mass is 254 g/mol. The summed E-state index contributed by atoms with van der Waals surface area (Å²) in [6.45, 7) is 0.242. The first-order chi connectivity index (χ1) is 9.28. The smallest absolute Gasteiger partial charge is 0.231 e. The Bertz CT molecular complexity index is 644. The number of carbonyl (C=O) groups is 2. The lowest BCUT2D eigenvalue weighted by atomic mass is 10.0. The van der Waals surface area contributed by atoms with E-state index in [9.17, 15) is 9.59 Å². The Morgan fingerprint density at radius 1 is 0.947 bits per heavy atom. The lowest BCUT2D eigenvalue weighted by Crippen LogP contribution is -1.98. The van der Waals surface area contributed by atoms with Crippen LogP contribution in [0.1, 0.15) is 10.4 Å². The lowest BCUT2D eigenvalue weighted by Gasteiger charge is -2.04. The van der Waals surface area contributed by atoms with Gasteiger partial charge in [0.2, 0.25) is 12.6 Å². The van der Waals surface area contributed by atoms with Gasteiger partial charge in [-0.05, 0) is 23.3 Å². The molecule has 3 rings (SSSR count). The van der Waals surface area contributed by atoms with E-state index in [1.807, 2.05) is 18.2 Å². The second-order valence-corrected chi connectivity index (χ2v) is 4.13. The zero-order valence-corrected chi connectivity index (χ0v) is 9.96. The molecule has 4 nitrogen and oxygen atoms in total. The molecular weight excluding hydrogens is 244 g/mol. The molecule has 0 radical (unpaired) electrons. The lowest BCUT2D eigenvalue weighted by molar-refractivity contribution is -0.104. The summed E-state index contributed by atoms with van der Waals surface area (Å²) in [5, 5.41) is 0. The maximum Gasteiger partial charge on any atom is 0.231 e. The number of Topliss-reactive ketones (excluding diaryl/α,β-unsaturated/α-hetero) is 1. The number of rotatable bonds is 3. The van der Waals surface area contributed by atoms with Crippen LogP contribution >= 0.6 is 0 Å². The Balaban J connectivity index is 1.94. The predicted octanol–water partition coefficient (Wildman–Crippen LogP) is 2.46. The Morgan fingerprint density at radius 2 is 1.63 bits per heavy atom. The number of fused-ring (bicyclic) bond motifs is 1. The maximum absolute atomic E-state index is 11.2. The van der Waals surface area contributed by atoms with Gasteiger partial charge < -0.3 is 9.47 Å². The van der Waals surface area contributed by atoms with Gasteiger partial charge in [0.15, 0.2) is 17.8 Å². The molecule has 0 spiro atoms. The molecule has 0 saturated heterocycles. The number of hydrogen-bond acceptors (Lipinski definition) is 4. The van der Waals surface area contributed by atoms with Gasteiger partial charge in [-0.1, -0.05) is 30.3 Å². The summed E-state index contributed by atoms with van der Waals surface area (Å²) in [6, 6.07) is 12.5. The van der Waals surface area contributed by atoms with Gasteiger partial charge in [0.25, 0.3) is 0 Å². The van der Waals surface area contributed by atoms with Crippen LogP contribution in [-0.2, 0) is 4.79 Å². The number of ether oxygens (including phenoxy) is 2. The van der Waals surface area contributed by atoms with E-state index in [-0.39, 0.29) is 6.79 Å². The van der Waals surface area contributed by atoms with Crippen molar-refractivity contribution in [3.05, 3.63) is 48.0 Å². The molecule has 0 aliphatic carbocycles. The summed E-state index contributed by atoms with van der Waals surface area (Å²) in [5.74, 6) is 0.930. The van der Waals surface area contributed by atoms with Crippen molar-refractivity contribution in [2.45, 2.75) is 0 Å². The molecule has 0 aromatic heterocycles. The highest BCUT2D eigenvalue weighted by atomic mass is 16.7. The molecule has 0 saturated carbocycles. The fourth-order valence-corrected chi connectivity index (χ4v) is 1.97. The zero-order valence-electron chi connectivity index (χ0n) is 9.96. The fraction of sp³-hybridized carbons (Fsp3) is 0.0667. The van der Waals surface area contributed by atoms with Crippen molar-refractivity contribution in [2.24, 2.45) is 0 Å². The molecule has 0 fully saturated rings. The normalized spacial score (nSPS) is 12.2. The topological polar surface area (TPSA) is 52.6 Å². The first kappa shape index (κ1) is 11.5. The molecule has 0 amide bonds. The third kappa shape index (κ3) is 2.08. The van der Waals surface area contributed by atoms with Crippen molar-refractivity contribution >= 4 is 12.1 Å². The van der Waals surface area contributed by atoms with Crippen molar-refractivity contribution in [3.63, 3.8) is 0 Å². The van der Waals surface area contributed by atoms with Crippen molar-refractivity contribution in [3.8, 4) is 22.6 Å². The van der Waals surface area contributed by atoms with E-state index in [0.29, 0.717) is 17.6 Å². The summed E-state index contributed by atoms with van der Waals surface area (Å²) in [4.78, 5) is 21.6. The van der Waals surface area contributed by atoms with Gasteiger partial charge in [0, 0.05) is 5.56 Å². The molecule has 94 valence electrons. The van der Waals surface area contributed by atoms with Gasteiger partial charge in [-0.2, -0.15) is 0 Å². The molecule has 0 atom stereocenters. The molecule has 0 N–H and O–H groups in total. The summed E-state index contributed by atoms with van der Waals surface area (Å²) in [6.07, 6.45) is 0.315. The average molecular weight is 254 g/mol. The van der Waals surface area contributed by atoms with Gasteiger partial charge in [-0.15, -0.1) is 0 Å². The molecular formula is C15H10O4. The third-order valence-electron chi connectivity index (χ3n) is 2.98. The van der Waals surface area contributed by atoms with Crippen LogP contribution in [0.25, 0.3) is 11.1 Å². The molecule has 19 heavy (non-hydrogen) atoms. The van der Waals surface area contributed by atoms with Crippen LogP contribution < -0.4 is 9.47 Å². The zero-order chi connectivity index (χ0) is 13.2. The highest BCUT2D eigenvalue weighted by molar-refractivity contribution is 6.33. The average Bonchev–Trinajstić information content (AvgIpc) is 2.94. The predicted molar refractivity (Wildman–Crippen MR) is 68.4 cm³/mol. The molecule has 1 aliphatic rings. The van der Waals surface area contributed by atoms with Crippen molar-refractivity contribution in [1.82, 2.24) is 0 Å². The van der Waals surface area contributed by atoms with E-state index in [0.717, 1.165) is 16.9 Å². The Kier molecular flexibility index (Phi) is 2.76. The molecule has 0 bridgehead atoms. The number of hydrogen-bond donors (Lipinski definition) is 0. The summed E-state index contributed by atoms with van der Waals surface area (Å²) < 4.78 is 10.6. The van der Waals surface area contributed by atoms with Crippen molar-refractivity contribution < 1.29 is 19.1 Å². The number of carbonyl (C=O) groups excluding carboxylic acids is 2. The molecule has 1 aliphatic heterocycles. The SMILES string of the molecule is O=CC(=O)c1ccc(-c2ccc3c(c2)OCO3)cc1. The first-order valence-corrected chi connectivity index (χ1v) is 5.77. The van der Waals surface area contributed by atoms with Crippen LogP contribution in [0, 0.1) is 0 Å². The Morgan fingerprint density at radius 3 is 2.37 bits per heavy atom. The Labute approximate surface area is 109 Å². The second-order valence-electron chi connectivity index (χ2n) is 4.13. The van der Waals surface area contributed by atoms with Gasteiger partial charge in [0.05, 0.1) is 0 Å². The van der Waals surface area contributed by atoms with E-state index in [1.165, 1.54) is 0 Å². The number of aldehydes is 1. The minimum absolute atomic E-state index is 0.242. The van der Waals surface area contributed by atoms with E-state index >= 15 is 0 Å². The van der Waals surface area contributed by atoms with E-state index in [1.54, 1.807) is 24.3 Å². The number of ketones is 1. The van der Waals surface area contributed by atoms with E-state index in [2.05, 4.69) is 0 Å². The van der Waals surface area contributed by atoms with Crippen LogP contribution in [-0.4, -0.2) is 18.9 Å². The van der Waals surface area contributed by atoms with Gasteiger partial charge in [-0.3, -0.25) is 9.59 Å². The van der Waals surface area contributed by atoms with Gasteiger partial charge in [-0.25, -0.2) is 0 Å². The molecule has 1 heterocycles. The maximum atomic E-state index is 11.2. The van der Waals surface area contributed by atoms with Crippen LogP contribution in [0.5, 0.6) is 11.5 Å². The minimum Gasteiger partial charge on any atom is -0.454 e. The van der Waals surface area contributed by atoms with Crippen molar-refractivity contribution in [1.29, 1.82) is 0 Å². The summed E-state index contributed by atoms with van der Waals surface area (Å²) in [7, 11) is 0. The molecule has 4 heteroatoms. The van der Waals surface area contributed by atoms with E-state index < -0.39 is 5.78 Å². The van der Waals surface area contributed by atoms with Crippen LogP contribution in [0.2, 0.25) is 0 Å². The highest BCUT2D eigenvalue weighted by Gasteiger charge is 2.14. The van der Waals surface area contributed by atoms with Crippen LogP contribution in [0.15, 0.2) is 42.5 Å². The van der Waals surface area contributed by atoms with Gasteiger partial charge in [0.1, 0.15) is 0 Å². The first-order valence-electron chi connectivity index (χ1n) is 5.77.